The average molecular weight is 227 g/mol. The zero-order chi connectivity index (χ0) is 11.8. The molecular formula is C14H17N3. The summed E-state index contributed by atoms with van der Waals surface area (Å²) in [6.07, 6.45) is 5.71. The first-order valence-electron chi connectivity index (χ1n) is 6.18. The molecule has 0 unspecified atom stereocenters. The van der Waals surface area contributed by atoms with E-state index < -0.39 is 0 Å². The zero-order valence-corrected chi connectivity index (χ0v) is 10.1. The van der Waals surface area contributed by atoms with Crippen molar-refractivity contribution in [2.75, 3.05) is 5.73 Å². The van der Waals surface area contributed by atoms with Crippen molar-refractivity contribution in [1.29, 1.82) is 0 Å². The van der Waals surface area contributed by atoms with Gasteiger partial charge in [0.05, 0.1) is 5.69 Å². The third-order valence-electron chi connectivity index (χ3n) is 3.54. The number of aromatic nitrogens is 2. The van der Waals surface area contributed by atoms with E-state index in [-0.39, 0.29) is 0 Å². The molecule has 0 radical (unpaired) electrons. The van der Waals surface area contributed by atoms with Crippen molar-refractivity contribution in [2.45, 2.75) is 32.2 Å². The number of hydrogen-bond donors (Lipinski definition) is 1. The molecule has 88 valence electrons. The van der Waals surface area contributed by atoms with Crippen LogP contribution in [0.3, 0.4) is 0 Å². The van der Waals surface area contributed by atoms with Crippen LogP contribution in [0.4, 0.5) is 5.69 Å². The predicted octanol–water partition coefficient (Wildman–Crippen LogP) is 3.03. The quantitative estimate of drug-likeness (QED) is 0.761. The van der Waals surface area contributed by atoms with Gasteiger partial charge in [-0.2, -0.15) is 0 Å². The highest BCUT2D eigenvalue weighted by Gasteiger charge is 2.18. The fraction of sp³-hybridized carbons (Fsp3) is 0.357. The van der Waals surface area contributed by atoms with E-state index in [1.165, 1.54) is 18.7 Å². The van der Waals surface area contributed by atoms with E-state index in [1.807, 2.05) is 24.3 Å². The largest absolute Gasteiger partial charge is 0.398 e. The Morgan fingerprint density at radius 3 is 2.94 bits per heavy atom. The van der Waals surface area contributed by atoms with E-state index in [0.717, 1.165) is 23.4 Å². The molecule has 0 saturated heterocycles. The Morgan fingerprint density at radius 1 is 1.35 bits per heavy atom. The summed E-state index contributed by atoms with van der Waals surface area (Å²) in [6, 6.07) is 8.49. The minimum Gasteiger partial charge on any atom is -0.398 e. The van der Waals surface area contributed by atoms with Crippen LogP contribution >= 0.6 is 0 Å². The van der Waals surface area contributed by atoms with Crippen LogP contribution in [0.25, 0.3) is 11.3 Å². The van der Waals surface area contributed by atoms with Crippen molar-refractivity contribution >= 4 is 5.69 Å². The van der Waals surface area contributed by atoms with Crippen LogP contribution in [0.1, 0.15) is 31.6 Å². The molecule has 0 bridgehead atoms. The zero-order valence-electron chi connectivity index (χ0n) is 10.1. The van der Waals surface area contributed by atoms with Crippen molar-refractivity contribution in [3.63, 3.8) is 0 Å². The molecule has 0 fully saturated rings. The number of nitrogens with zero attached hydrogens (tertiary/aromatic N) is 2. The van der Waals surface area contributed by atoms with Gasteiger partial charge in [0.1, 0.15) is 5.82 Å². The molecule has 0 spiro atoms. The van der Waals surface area contributed by atoms with E-state index in [4.69, 9.17) is 10.7 Å². The summed E-state index contributed by atoms with van der Waals surface area (Å²) < 4.78 is 2.30. The molecule has 3 nitrogen and oxygen atoms in total. The standard InChI is InChI=1S/C14H17N3/c1-10-5-4-8-14-16-13(9-17(10)14)11-6-2-3-7-12(11)15/h2-3,6-7,9-10H,4-5,8,15H2,1H3/t10-/m0/s1. The minimum atomic E-state index is 0.560. The Labute approximate surface area is 101 Å². The summed E-state index contributed by atoms with van der Waals surface area (Å²) in [5, 5.41) is 0. The number of nitrogen functional groups attached to an aromatic ring is 1. The van der Waals surface area contributed by atoms with Crippen molar-refractivity contribution in [1.82, 2.24) is 9.55 Å². The summed E-state index contributed by atoms with van der Waals surface area (Å²) in [5.41, 5.74) is 8.85. The fourth-order valence-electron chi connectivity index (χ4n) is 2.55. The molecule has 0 amide bonds. The number of para-hydroxylation sites is 1. The lowest BCUT2D eigenvalue weighted by molar-refractivity contribution is 0.426. The lowest BCUT2D eigenvalue weighted by Gasteiger charge is -2.20. The fourth-order valence-corrected chi connectivity index (χ4v) is 2.55. The number of hydrogen-bond acceptors (Lipinski definition) is 2. The summed E-state index contributed by atoms with van der Waals surface area (Å²) in [6.45, 7) is 2.25. The van der Waals surface area contributed by atoms with Gasteiger partial charge >= 0.3 is 0 Å². The smallest absolute Gasteiger partial charge is 0.109 e. The number of benzene rings is 1. The van der Waals surface area contributed by atoms with Crippen LogP contribution in [-0.4, -0.2) is 9.55 Å². The van der Waals surface area contributed by atoms with E-state index in [0.29, 0.717) is 6.04 Å². The maximum Gasteiger partial charge on any atom is 0.109 e. The predicted molar refractivity (Wildman–Crippen MR) is 69.7 cm³/mol. The number of imidazole rings is 1. The molecule has 1 aliphatic heterocycles. The monoisotopic (exact) mass is 227 g/mol. The highest BCUT2D eigenvalue weighted by molar-refractivity contribution is 5.73. The van der Waals surface area contributed by atoms with Crippen molar-refractivity contribution < 1.29 is 0 Å². The van der Waals surface area contributed by atoms with Crippen molar-refractivity contribution in [3.05, 3.63) is 36.3 Å². The number of nitrogens with two attached hydrogens (primary N) is 1. The lowest BCUT2D eigenvalue weighted by Crippen LogP contribution is -2.14. The summed E-state index contributed by atoms with van der Waals surface area (Å²) in [7, 11) is 0. The average Bonchev–Trinajstić information content (AvgIpc) is 2.75. The molecule has 17 heavy (non-hydrogen) atoms. The van der Waals surface area contributed by atoms with Gasteiger partial charge in [-0.25, -0.2) is 4.98 Å². The van der Waals surface area contributed by atoms with Gasteiger partial charge in [0, 0.05) is 29.9 Å². The molecule has 1 aromatic carbocycles. The Morgan fingerprint density at radius 2 is 2.18 bits per heavy atom. The van der Waals surface area contributed by atoms with Gasteiger partial charge in [-0.15, -0.1) is 0 Å². The summed E-state index contributed by atoms with van der Waals surface area (Å²) in [5.74, 6) is 1.20. The molecule has 2 heterocycles. The molecule has 0 saturated carbocycles. The Balaban J connectivity index is 2.08. The molecule has 0 aliphatic carbocycles. The van der Waals surface area contributed by atoms with Crippen LogP contribution in [0.5, 0.6) is 0 Å². The number of aryl methyl sites for hydroxylation is 1. The maximum absolute atomic E-state index is 6.00. The van der Waals surface area contributed by atoms with E-state index in [2.05, 4.69) is 17.7 Å². The van der Waals surface area contributed by atoms with Gasteiger partial charge in [0.15, 0.2) is 0 Å². The Hall–Kier alpha value is -1.77. The van der Waals surface area contributed by atoms with Gasteiger partial charge in [-0.1, -0.05) is 18.2 Å². The van der Waals surface area contributed by atoms with Gasteiger partial charge in [-0.05, 0) is 25.8 Å². The van der Waals surface area contributed by atoms with Crippen molar-refractivity contribution in [3.8, 4) is 11.3 Å². The summed E-state index contributed by atoms with van der Waals surface area (Å²) >= 11 is 0. The molecule has 1 aromatic heterocycles. The van der Waals surface area contributed by atoms with Crippen LogP contribution < -0.4 is 5.73 Å². The highest BCUT2D eigenvalue weighted by Crippen LogP contribution is 2.30. The molecule has 3 rings (SSSR count). The van der Waals surface area contributed by atoms with Crippen LogP contribution in [-0.2, 0) is 6.42 Å². The van der Waals surface area contributed by atoms with E-state index >= 15 is 0 Å². The van der Waals surface area contributed by atoms with E-state index in [9.17, 15) is 0 Å². The third-order valence-corrected chi connectivity index (χ3v) is 3.54. The lowest BCUT2D eigenvalue weighted by atomic mass is 10.1. The number of anilines is 1. The van der Waals surface area contributed by atoms with E-state index in [1.54, 1.807) is 0 Å². The van der Waals surface area contributed by atoms with Crippen LogP contribution in [0, 0.1) is 0 Å². The maximum atomic E-state index is 6.00. The molecule has 2 N–H and O–H groups in total. The van der Waals surface area contributed by atoms with Gasteiger partial charge < -0.3 is 10.3 Å². The van der Waals surface area contributed by atoms with Crippen molar-refractivity contribution in [2.24, 2.45) is 0 Å². The van der Waals surface area contributed by atoms with Gasteiger partial charge in [-0.3, -0.25) is 0 Å². The second kappa shape index (κ2) is 3.91. The first-order valence-corrected chi connectivity index (χ1v) is 6.18. The van der Waals surface area contributed by atoms with Gasteiger partial charge in [0.2, 0.25) is 0 Å². The Bertz CT molecular complexity index is 542. The second-order valence-electron chi connectivity index (χ2n) is 4.78. The SMILES string of the molecule is C[C@H]1CCCc2nc(-c3ccccc3N)cn21. The molecule has 1 atom stereocenters. The van der Waals surface area contributed by atoms with Crippen LogP contribution in [0.15, 0.2) is 30.5 Å². The number of fused-ring (bicyclic) bond motifs is 1. The molecule has 3 heteroatoms. The van der Waals surface area contributed by atoms with Crippen LogP contribution in [0.2, 0.25) is 0 Å². The number of rotatable bonds is 1. The summed E-state index contributed by atoms with van der Waals surface area (Å²) in [4.78, 5) is 4.72. The second-order valence-corrected chi connectivity index (χ2v) is 4.78. The molecule has 1 aliphatic rings. The van der Waals surface area contributed by atoms with Gasteiger partial charge in [0.25, 0.3) is 0 Å². The minimum absolute atomic E-state index is 0.560. The first-order chi connectivity index (χ1) is 8.25. The highest BCUT2D eigenvalue weighted by atomic mass is 15.1. The molecular weight excluding hydrogens is 210 g/mol. The Kier molecular flexibility index (Phi) is 2.39. The normalized spacial score (nSPS) is 19.0. The first kappa shape index (κ1) is 10.4. The topological polar surface area (TPSA) is 43.8 Å². The third kappa shape index (κ3) is 1.71. The molecule has 2 aromatic rings.